The summed E-state index contributed by atoms with van der Waals surface area (Å²) < 4.78 is 10.6. The first-order chi connectivity index (χ1) is 15.0. The lowest BCUT2D eigenvalue weighted by Crippen LogP contribution is -2.52. The summed E-state index contributed by atoms with van der Waals surface area (Å²) in [5, 5.41) is 6.40. The van der Waals surface area contributed by atoms with Crippen molar-refractivity contribution in [2.24, 2.45) is 0 Å². The Hall–Kier alpha value is -4.01. The maximum atomic E-state index is 12.8. The van der Waals surface area contributed by atoms with Crippen LogP contribution in [0.15, 0.2) is 47.1 Å². The van der Waals surface area contributed by atoms with E-state index in [-0.39, 0.29) is 18.2 Å². The highest BCUT2D eigenvalue weighted by atomic mass is 16.5. The summed E-state index contributed by atoms with van der Waals surface area (Å²) in [6.45, 7) is 0.301. The van der Waals surface area contributed by atoms with Crippen molar-refractivity contribution in [3.05, 3.63) is 53.7 Å². The molecule has 0 spiro atoms. The van der Waals surface area contributed by atoms with Crippen molar-refractivity contribution in [1.29, 1.82) is 0 Å². The van der Waals surface area contributed by atoms with E-state index in [1.54, 1.807) is 43.6 Å². The maximum Gasteiger partial charge on any atom is 0.255 e. The van der Waals surface area contributed by atoms with E-state index in [4.69, 9.17) is 9.26 Å². The molecule has 31 heavy (non-hydrogen) atoms. The summed E-state index contributed by atoms with van der Waals surface area (Å²) in [6.07, 6.45) is 2.16. The van der Waals surface area contributed by atoms with Gasteiger partial charge in [-0.3, -0.25) is 24.7 Å². The molecule has 0 saturated carbocycles. The van der Waals surface area contributed by atoms with E-state index in [0.29, 0.717) is 41.4 Å². The molecule has 1 atom stereocenters. The largest absolute Gasteiger partial charge is 0.495 e. The van der Waals surface area contributed by atoms with E-state index in [1.807, 2.05) is 6.07 Å². The molecule has 0 aliphatic carbocycles. The maximum absolute atomic E-state index is 12.8. The molecule has 5 rings (SSSR count). The summed E-state index contributed by atoms with van der Waals surface area (Å²) in [5.41, 5.74) is 3.34. The third kappa shape index (κ3) is 3.33. The highest BCUT2D eigenvalue weighted by Crippen LogP contribution is 2.32. The summed E-state index contributed by atoms with van der Waals surface area (Å²) in [6, 6.07) is 10.1. The number of nitrogens with zero attached hydrogens (tertiary/aromatic N) is 3. The van der Waals surface area contributed by atoms with E-state index < -0.39 is 11.9 Å². The number of amides is 3. The van der Waals surface area contributed by atoms with Crippen LogP contribution >= 0.6 is 0 Å². The van der Waals surface area contributed by atoms with Crippen molar-refractivity contribution in [1.82, 2.24) is 20.4 Å². The van der Waals surface area contributed by atoms with E-state index in [2.05, 4.69) is 15.5 Å². The molecule has 9 heteroatoms. The number of fused-ring (bicyclic) bond motifs is 1. The van der Waals surface area contributed by atoms with E-state index in [0.717, 1.165) is 11.1 Å². The average Bonchev–Trinajstić information content (AvgIpc) is 3.39. The molecule has 0 bridgehead atoms. The topological polar surface area (TPSA) is 115 Å². The number of carbonyl (C=O) groups excluding carboxylic acids is 3. The molecule has 2 aromatic heterocycles. The van der Waals surface area contributed by atoms with E-state index in [9.17, 15) is 14.4 Å². The molecule has 2 aliphatic rings. The van der Waals surface area contributed by atoms with Crippen LogP contribution < -0.4 is 10.1 Å². The van der Waals surface area contributed by atoms with Crippen molar-refractivity contribution in [2.45, 2.75) is 25.4 Å². The zero-order chi connectivity index (χ0) is 21.5. The second kappa shape index (κ2) is 7.35. The summed E-state index contributed by atoms with van der Waals surface area (Å²) in [4.78, 5) is 42.2. The van der Waals surface area contributed by atoms with Crippen LogP contribution in [-0.4, -0.2) is 45.9 Å². The van der Waals surface area contributed by atoms with Crippen molar-refractivity contribution in [3.63, 3.8) is 0 Å². The van der Waals surface area contributed by atoms with Gasteiger partial charge in [0.05, 0.1) is 19.0 Å². The lowest BCUT2D eigenvalue weighted by Gasteiger charge is -2.29. The first-order valence-electron chi connectivity index (χ1n) is 9.78. The van der Waals surface area contributed by atoms with Crippen molar-refractivity contribution >= 4 is 17.7 Å². The zero-order valence-electron chi connectivity index (χ0n) is 16.6. The molecular formula is C22H18N4O5. The van der Waals surface area contributed by atoms with Gasteiger partial charge in [-0.2, -0.15) is 0 Å². The molecular weight excluding hydrogens is 400 g/mol. The van der Waals surface area contributed by atoms with Crippen molar-refractivity contribution < 1.29 is 23.6 Å². The summed E-state index contributed by atoms with van der Waals surface area (Å²) >= 11 is 0. The minimum Gasteiger partial charge on any atom is -0.495 e. The van der Waals surface area contributed by atoms with Gasteiger partial charge in [-0.25, -0.2) is 0 Å². The number of piperidine rings is 1. The van der Waals surface area contributed by atoms with Crippen LogP contribution in [0.4, 0.5) is 0 Å². The Morgan fingerprint density at radius 1 is 1.13 bits per heavy atom. The molecule has 1 saturated heterocycles. The zero-order valence-corrected chi connectivity index (χ0v) is 16.6. The van der Waals surface area contributed by atoms with Crippen LogP contribution in [0.3, 0.4) is 0 Å². The molecule has 1 unspecified atom stereocenters. The number of methoxy groups -OCH3 is 1. The Bertz CT molecular complexity index is 1200. The Kier molecular flexibility index (Phi) is 4.50. The molecule has 1 aromatic carbocycles. The van der Waals surface area contributed by atoms with Crippen LogP contribution in [0.2, 0.25) is 0 Å². The number of pyridine rings is 1. The number of aromatic nitrogens is 2. The van der Waals surface area contributed by atoms with Gasteiger partial charge >= 0.3 is 0 Å². The fourth-order valence-electron chi connectivity index (χ4n) is 3.91. The second-order valence-corrected chi connectivity index (χ2v) is 7.43. The molecule has 4 heterocycles. The molecule has 0 radical (unpaired) electrons. The predicted molar refractivity (Wildman–Crippen MR) is 108 cm³/mol. The normalized spacial score (nSPS) is 18.2. The van der Waals surface area contributed by atoms with Crippen LogP contribution in [0.25, 0.3) is 22.7 Å². The monoisotopic (exact) mass is 418 g/mol. The van der Waals surface area contributed by atoms with Gasteiger partial charge in [-0.1, -0.05) is 11.2 Å². The van der Waals surface area contributed by atoms with Gasteiger partial charge in [0.25, 0.3) is 5.91 Å². The first-order valence-corrected chi connectivity index (χ1v) is 9.78. The van der Waals surface area contributed by atoms with Crippen molar-refractivity contribution in [3.8, 4) is 28.5 Å². The summed E-state index contributed by atoms with van der Waals surface area (Å²) in [5.74, 6) is 0.250. The molecule has 156 valence electrons. The predicted octanol–water partition coefficient (Wildman–Crippen LogP) is 2.17. The lowest BCUT2D eigenvalue weighted by atomic mass is 10.0. The first kappa shape index (κ1) is 19.0. The Labute approximate surface area is 177 Å². The van der Waals surface area contributed by atoms with Crippen LogP contribution in [0.1, 0.15) is 28.8 Å². The van der Waals surface area contributed by atoms with E-state index in [1.165, 1.54) is 4.90 Å². The molecule has 9 nitrogen and oxygen atoms in total. The Balaban J connectivity index is 1.39. The lowest BCUT2D eigenvalue weighted by molar-refractivity contribution is -0.136. The van der Waals surface area contributed by atoms with Crippen molar-refractivity contribution in [2.75, 3.05) is 7.11 Å². The van der Waals surface area contributed by atoms with E-state index >= 15 is 0 Å². The Morgan fingerprint density at radius 3 is 2.74 bits per heavy atom. The minimum atomic E-state index is -0.640. The molecule has 3 amide bonds. The smallest absolute Gasteiger partial charge is 0.255 e. The number of hydrogen-bond acceptors (Lipinski definition) is 7. The van der Waals surface area contributed by atoms with Gasteiger partial charge in [-0.15, -0.1) is 0 Å². The number of ether oxygens (including phenoxy) is 1. The molecule has 1 fully saturated rings. The fraction of sp³-hybridized carbons (Fsp3) is 0.227. The number of rotatable bonds is 4. The quantitative estimate of drug-likeness (QED) is 0.646. The third-order valence-electron chi connectivity index (χ3n) is 5.55. The highest BCUT2D eigenvalue weighted by molar-refractivity contribution is 6.05. The standard InChI is InChI=1S/C22H18N4O5/c1-30-14-3-5-16(23-10-14)17-9-19(31-25-17)12-2-4-15-13(8-12)11-26(22(15)29)18-6-7-20(27)24-21(18)28/h2-5,8-10,18H,6-7,11H2,1H3,(H,24,27,28). The number of carbonyl (C=O) groups is 3. The number of benzene rings is 1. The third-order valence-corrected chi connectivity index (χ3v) is 5.55. The minimum absolute atomic E-state index is 0.211. The average molecular weight is 418 g/mol. The molecule has 2 aliphatic heterocycles. The van der Waals surface area contributed by atoms with Crippen LogP contribution in [-0.2, 0) is 16.1 Å². The van der Waals surface area contributed by atoms with Crippen LogP contribution in [0.5, 0.6) is 5.75 Å². The van der Waals surface area contributed by atoms with Gasteiger partial charge < -0.3 is 14.2 Å². The van der Waals surface area contributed by atoms with Gasteiger partial charge in [0.1, 0.15) is 17.5 Å². The Morgan fingerprint density at radius 2 is 2.00 bits per heavy atom. The highest BCUT2D eigenvalue weighted by Gasteiger charge is 2.39. The van der Waals surface area contributed by atoms with Gasteiger partial charge in [0, 0.05) is 30.2 Å². The number of hydrogen-bond donors (Lipinski definition) is 1. The van der Waals surface area contributed by atoms with Gasteiger partial charge in [-0.05, 0) is 36.2 Å². The number of nitrogens with one attached hydrogen (secondary N) is 1. The fourth-order valence-corrected chi connectivity index (χ4v) is 3.91. The molecule has 3 aromatic rings. The number of imide groups is 1. The van der Waals surface area contributed by atoms with Crippen LogP contribution in [0, 0.1) is 0 Å². The second-order valence-electron chi connectivity index (χ2n) is 7.43. The molecule has 1 N–H and O–H groups in total. The SMILES string of the molecule is COc1ccc(-c2cc(-c3ccc4c(c3)CN(C3CCC(=O)NC3=O)C4=O)on2)nc1. The summed E-state index contributed by atoms with van der Waals surface area (Å²) in [7, 11) is 1.57. The van der Waals surface area contributed by atoms with Gasteiger partial charge in [0.15, 0.2) is 5.76 Å². The van der Waals surface area contributed by atoms with Gasteiger partial charge in [0.2, 0.25) is 11.8 Å².